The van der Waals surface area contributed by atoms with Crippen LogP contribution in [-0.4, -0.2) is 37.6 Å². The van der Waals surface area contributed by atoms with Crippen molar-refractivity contribution < 1.29 is 28.5 Å². The second-order valence-corrected chi connectivity index (χ2v) is 18.1. The lowest BCUT2D eigenvalue weighted by atomic mass is 10.1. The van der Waals surface area contributed by atoms with Gasteiger partial charge in [-0.1, -0.05) is 177 Å². The summed E-state index contributed by atoms with van der Waals surface area (Å²) in [6.45, 7) is 5.94. The Hall–Kier alpha value is -5.44. The minimum atomic E-state index is -0.649. The Kier molecular flexibility index (Phi) is 24.8. The van der Waals surface area contributed by atoms with Crippen LogP contribution in [0.5, 0.6) is 23.0 Å². The number of esters is 2. The predicted molar refractivity (Wildman–Crippen MR) is 281 cm³/mol. The highest BCUT2D eigenvalue weighted by molar-refractivity contribution is 6.36. The van der Waals surface area contributed by atoms with Gasteiger partial charge in [0.05, 0.1) is 45.8 Å². The van der Waals surface area contributed by atoms with Gasteiger partial charge in [0.1, 0.15) is 11.5 Å². The fraction of sp³-hybridized carbons (Fsp3) is 0.414. The number of benzene rings is 5. The van der Waals surface area contributed by atoms with Crippen LogP contribution in [0, 0.1) is 0 Å². The van der Waals surface area contributed by atoms with Gasteiger partial charge in [0, 0.05) is 18.5 Å². The molecule has 10 heteroatoms. The molecule has 0 saturated carbocycles. The molecular formula is C58H70Cl2N2O6. The molecule has 0 aromatic heterocycles. The molecule has 0 atom stereocenters. The molecule has 362 valence electrons. The fourth-order valence-electron chi connectivity index (χ4n) is 7.51. The Bertz CT molecular complexity index is 2120. The van der Waals surface area contributed by atoms with Crippen LogP contribution in [-0.2, 0) is 0 Å². The molecule has 0 spiro atoms. The minimum Gasteiger partial charge on any atom is -0.494 e. The Morgan fingerprint density at radius 1 is 0.426 bits per heavy atom. The van der Waals surface area contributed by atoms with Crippen molar-refractivity contribution in [1.82, 2.24) is 0 Å². The van der Waals surface area contributed by atoms with Crippen LogP contribution < -0.4 is 18.9 Å². The summed E-state index contributed by atoms with van der Waals surface area (Å²) in [7, 11) is 0. The van der Waals surface area contributed by atoms with Gasteiger partial charge >= 0.3 is 11.9 Å². The first-order valence-electron chi connectivity index (χ1n) is 25.0. The molecular weight excluding hydrogens is 892 g/mol. The molecule has 68 heavy (non-hydrogen) atoms. The van der Waals surface area contributed by atoms with Crippen molar-refractivity contribution in [3.05, 3.63) is 141 Å². The molecule has 0 aliphatic carbocycles. The molecule has 0 fully saturated rings. The molecule has 0 unspecified atom stereocenters. The summed E-state index contributed by atoms with van der Waals surface area (Å²) >= 11 is 12.8. The van der Waals surface area contributed by atoms with Gasteiger partial charge in [-0.25, -0.2) is 9.59 Å². The van der Waals surface area contributed by atoms with Gasteiger partial charge in [0.15, 0.2) is 11.5 Å². The van der Waals surface area contributed by atoms with Crippen LogP contribution in [0.2, 0.25) is 10.0 Å². The summed E-state index contributed by atoms with van der Waals surface area (Å²) in [5.41, 5.74) is 3.75. The van der Waals surface area contributed by atoms with Crippen LogP contribution in [0.1, 0.15) is 174 Å². The quantitative estimate of drug-likeness (QED) is 0.0184. The first-order valence-corrected chi connectivity index (χ1v) is 25.7. The summed E-state index contributed by atoms with van der Waals surface area (Å²) in [5, 5.41) is 0.162. The summed E-state index contributed by atoms with van der Waals surface area (Å²) in [6, 6.07) is 31.7. The molecule has 0 heterocycles. The van der Waals surface area contributed by atoms with E-state index in [0.717, 1.165) is 46.8 Å². The van der Waals surface area contributed by atoms with Crippen LogP contribution in [0.4, 0.5) is 11.4 Å². The van der Waals surface area contributed by atoms with Gasteiger partial charge in [-0.05, 0) is 103 Å². The van der Waals surface area contributed by atoms with Gasteiger partial charge < -0.3 is 18.9 Å². The minimum absolute atomic E-state index is 0.00864. The Morgan fingerprint density at radius 3 is 1.09 bits per heavy atom. The highest BCUT2D eigenvalue weighted by atomic mass is 35.5. The highest BCUT2D eigenvalue weighted by Crippen LogP contribution is 2.37. The Labute approximate surface area is 415 Å². The Balaban J connectivity index is 1.01. The molecule has 0 aliphatic heterocycles. The van der Waals surface area contributed by atoms with E-state index in [1.165, 1.54) is 128 Å². The highest BCUT2D eigenvalue weighted by Gasteiger charge is 2.18. The maximum absolute atomic E-state index is 13.1. The first kappa shape index (κ1) is 53.5. The third kappa shape index (κ3) is 20.4. The van der Waals surface area contributed by atoms with Crippen LogP contribution in [0.3, 0.4) is 0 Å². The lowest BCUT2D eigenvalue weighted by Gasteiger charge is -2.11. The molecule has 0 N–H and O–H groups in total. The number of unbranched alkanes of at least 4 members (excludes halogenated alkanes) is 18. The van der Waals surface area contributed by atoms with E-state index in [9.17, 15) is 9.59 Å². The predicted octanol–water partition coefficient (Wildman–Crippen LogP) is 17.5. The number of carbonyl (C=O) groups is 2. The number of hydrogen-bond acceptors (Lipinski definition) is 8. The van der Waals surface area contributed by atoms with Crippen LogP contribution in [0.15, 0.2) is 119 Å². The van der Waals surface area contributed by atoms with E-state index in [0.29, 0.717) is 24.3 Å². The summed E-state index contributed by atoms with van der Waals surface area (Å²) in [4.78, 5) is 35.4. The lowest BCUT2D eigenvalue weighted by Crippen LogP contribution is -2.11. The van der Waals surface area contributed by atoms with Gasteiger partial charge in [-0.2, -0.15) is 0 Å². The molecule has 0 saturated heterocycles. The molecule has 0 radical (unpaired) electrons. The van der Waals surface area contributed by atoms with E-state index in [1.54, 1.807) is 61.0 Å². The molecule has 5 rings (SSSR count). The van der Waals surface area contributed by atoms with E-state index in [4.69, 9.17) is 42.1 Å². The van der Waals surface area contributed by atoms with Crippen molar-refractivity contribution in [3.8, 4) is 23.0 Å². The second-order valence-electron chi connectivity index (χ2n) is 17.3. The number of hydrogen-bond donors (Lipinski definition) is 0. The monoisotopic (exact) mass is 960 g/mol. The third-order valence-electron chi connectivity index (χ3n) is 11.6. The summed E-state index contributed by atoms with van der Waals surface area (Å²) < 4.78 is 23.1. The number of halogens is 2. The zero-order valence-electron chi connectivity index (χ0n) is 40.2. The van der Waals surface area contributed by atoms with Crippen molar-refractivity contribution in [2.24, 2.45) is 9.98 Å². The van der Waals surface area contributed by atoms with Gasteiger partial charge in [-0.3, -0.25) is 9.98 Å². The number of ether oxygens (including phenoxy) is 4. The SMILES string of the molecule is CCCCCCCCCCCCOc1ccc(N=Cc2ccc(C(=O)Oc3cc(OC(=O)c4ccc(C=Nc5ccc(OCCCCCCCCCCCC)cc5)cc4)c(Cl)cc3Cl)cc2)cc1. The van der Waals surface area contributed by atoms with Gasteiger partial charge in [0.25, 0.3) is 0 Å². The standard InChI is InChI=1S/C58H70Cl2N2O6/c1-3-5-7-9-11-13-15-17-19-21-39-65-51-35-31-49(32-36-51)61-43-45-23-27-47(28-24-45)57(63)67-55-42-56(54(60)41-53(55)59)68-58(64)48-29-25-46(26-30-48)44-62-50-33-37-52(38-34-50)66-40-22-20-18-16-14-12-10-8-6-4-2/h23-38,41-44H,3-22,39-40H2,1-2H3. The molecule has 8 nitrogen and oxygen atoms in total. The van der Waals surface area contributed by atoms with Crippen molar-refractivity contribution in [3.63, 3.8) is 0 Å². The van der Waals surface area contributed by atoms with E-state index in [-0.39, 0.29) is 21.5 Å². The zero-order chi connectivity index (χ0) is 48.0. The molecule has 5 aromatic rings. The van der Waals surface area contributed by atoms with Crippen molar-refractivity contribution in [2.75, 3.05) is 13.2 Å². The average molecular weight is 962 g/mol. The maximum Gasteiger partial charge on any atom is 0.343 e. The van der Waals surface area contributed by atoms with E-state index >= 15 is 0 Å². The lowest BCUT2D eigenvalue weighted by molar-refractivity contribution is 0.0733. The van der Waals surface area contributed by atoms with Crippen molar-refractivity contribution >= 4 is 58.9 Å². The zero-order valence-corrected chi connectivity index (χ0v) is 41.7. The normalized spacial score (nSPS) is 11.4. The summed E-state index contributed by atoms with van der Waals surface area (Å²) in [6.07, 6.45) is 29.3. The van der Waals surface area contributed by atoms with Gasteiger partial charge in [0.2, 0.25) is 0 Å². The first-order chi connectivity index (χ1) is 33.3. The number of rotatable bonds is 32. The van der Waals surface area contributed by atoms with Crippen LogP contribution in [0.25, 0.3) is 0 Å². The fourth-order valence-corrected chi connectivity index (χ4v) is 7.97. The van der Waals surface area contributed by atoms with Crippen LogP contribution >= 0.6 is 23.2 Å². The van der Waals surface area contributed by atoms with Crippen molar-refractivity contribution in [2.45, 2.75) is 142 Å². The number of aliphatic imine (C=N–C) groups is 2. The summed E-state index contributed by atoms with van der Waals surface area (Å²) in [5.74, 6) is 0.351. The molecule has 0 amide bonds. The molecule has 5 aromatic carbocycles. The number of carbonyl (C=O) groups excluding carboxylic acids is 2. The third-order valence-corrected chi connectivity index (χ3v) is 12.2. The topological polar surface area (TPSA) is 95.8 Å². The largest absolute Gasteiger partial charge is 0.494 e. The number of nitrogens with zero attached hydrogens (tertiary/aromatic N) is 2. The van der Waals surface area contributed by atoms with E-state index in [2.05, 4.69) is 23.8 Å². The van der Waals surface area contributed by atoms with Crippen molar-refractivity contribution in [1.29, 1.82) is 0 Å². The Morgan fingerprint density at radius 2 is 0.750 bits per heavy atom. The van der Waals surface area contributed by atoms with E-state index in [1.807, 2.05) is 48.5 Å². The smallest absolute Gasteiger partial charge is 0.343 e. The van der Waals surface area contributed by atoms with E-state index < -0.39 is 11.9 Å². The maximum atomic E-state index is 13.1. The van der Waals surface area contributed by atoms with Gasteiger partial charge in [-0.15, -0.1) is 0 Å². The molecule has 0 bridgehead atoms. The second kappa shape index (κ2) is 31.6. The molecule has 0 aliphatic rings. The average Bonchev–Trinajstić information content (AvgIpc) is 3.36.